The summed E-state index contributed by atoms with van der Waals surface area (Å²) in [5.41, 5.74) is 0.825. The van der Waals surface area contributed by atoms with Gasteiger partial charge >= 0.3 is 0 Å². The van der Waals surface area contributed by atoms with Crippen molar-refractivity contribution in [2.24, 2.45) is 0 Å². The fourth-order valence-corrected chi connectivity index (χ4v) is 2.32. The van der Waals surface area contributed by atoms with Gasteiger partial charge in [-0.1, -0.05) is 29.3 Å². The van der Waals surface area contributed by atoms with E-state index in [-0.39, 0.29) is 17.6 Å². The normalized spacial score (nSPS) is 10.6. The molecule has 5 nitrogen and oxygen atoms in total. The van der Waals surface area contributed by atoms with Gasteiger partial charge in [-0.2, -0.15) is 0 Å². The zero-order valence-corrected chi connectivity index (χ0v) is 14.0. The molecular weight excluding hydrogens is 323 g/mol. The standard InChI is InChI=1S/C15H16Cl2N4O/c1-8(2)18-15(22)12-7-13(20-9(3)19-12)21-14-10(16)5-4-6-11(14)17/h4-8H,1-3H3,(H,18,22)(H,19,20,21). The number of carbonyl (C=O) groups excluding carboxylic acids is 1. The van der Waals surface area contributed by atoms with Crippen LogP contribution in [-0.2, 0) is 0 Å². The maximum Gasteiger partial charge on any atom is 0.270 e. The number of nitrogens with zero attached hydrogens (tertiary/aromatic N) is 2. The summed E-state index contributed by atoms with van der Waals surface area (Å²) in [5.74, 6) is 0.673. The van der Waals surface area contributed by atoms with Crippen LogP contribution in [0, 0.1) is 6.92 Å². The minimum absolute atomic E-state index is 0.0252. The number of aryl methyl sites for hydroxylation is 1. The lowest BCUT2D eigenvalue weighted by Gasteiger charge is -2.12. The third kappa shape index (κ3) is 4.08. The summed E-state index contributed by atoms with van der Waals surface area (Å²) in [7, 11) is 0. The molecule has 2 rings (SSSR count). The van der Waals surface area contributed by atoms with E-state index in [1.54, 1.807) is 31.2 Å². The molecule has 2 aromatic rings. The van der Waals surface area contributed by atoms with Gasteiger partial charge in [-0.3, -0.25) is 4.79 Å². The lowest BCUT2D eigenvalue weighted by atomic mass is 10.3. The van der Waals surface area contributed by atoms with Crippen LogP contribution in [-0.4, -0.2) is 21.9 Å². The molecule has 0 spiro atoms. The zero-order chi connectivity index (χ0) is 16.3. The van der Waals surface area contributed by atoms with Gasteiger partial charge in [-0.15, -0.1) is 0 Å². The fraction of sp³-hybridized carbons (Fsp3) is 0.267. The predicted octanol–water partition coefficient (Wildman–Crippen LogP) is 3.97. The van der Waals surface area contributed by atoms with E-state index in [0.29, 0.717) is 27.4 Å². The molecule has 7 heteroatoms. The third-order valence-corrected chi connectivity index (χ3v) is 3.34. The van der Waals surface area contributed by atoms with Gasteiger partial charge in [0.05, 0.1) is 15.7 Å². The number of carbonyl (C=O) groups is 1. The number of para-hydroxylation sites is 1. The second kappa shape index (κ2) is 6.94. The lowest BCUT2D eigenvalue weighted by Crippen LogP contribution is -2.31. The second-order valence-corrected chi connectivity index (χ2v) is 5.85. The van der Waals surface area contributed by atoms with E-state index in [0.717, 1.165) is 0 Å². The fourth-order valence-electron chi connectivity index (χ4n) is 1.83. The Hall–Kier alpha value is -1.85. The van der Waals surface area contributed by atoms with Crippen LogP contribution >= 0.6 is 23.2 Å². The highest BCUT2D eigenvalue weighted by atomic mass is 35.5. The number of halogens is 2. The van der Waals surface area contributed by atoms with Gasteiger partial charge in [-0.05, 0) is 32.9 Å². The molecule has 0 atom stereocenters. The molecule has 116 valence electrons. The Morgan fingerprint density at radius 3 is 2.41 bits per heavy atom. The van der Waals surface area contributed by atoms with Gasteiger partial charge in [0.15, 0.2) is 0 Å². The minimum atomic E-state index is -0.256. The predicted molar refractivity (Wildman–Crippen MR) is 89.1 cm³/mol. The van der Waals surface area contributed by atoms with E-state index in [4.69, 9.17) is 23.2 Å². The molecule has 0 aliphatic rings. The van der Waals surface area contributed by atoms with Gasteiger partial charge in [0.2, 0.25) is 0 Å². The molecule has 1 aromatic heterocycles. The topological polar surface area (TPSA) is 66.9 Å². The van der Waals surface area contributed by atoms with Crippen molar-refractivity contribution in [3.63, 3.8) is 0 Å². The van der Waals surface area contributed by atoms with Crippen molar-refractivity contribution in [3.8, 4) is 0 Å². The molecule has 22 heavy (non-hydrogen) atoms. The summed E-state index contributed by atoms with van der Waals surface area (Å²) in [6, 6.07) is 6.77. The molecule has 0 unspecified atom stereocenters. The highest BCUT2D eigenvalue weighted by Crippen LogP contribution is 2.32. The molecule has 0 fully saturated rings. The summed E-state index contributed by atoms with van der Waals surface area (Å²) in [6.45, 7) is 5.48. The Labute approximate surface area is 139 Å². The van der Waals surface area contributed by atoms with Crippen LogP contribution in [0.3, 0.4) is 0 Å². The van der Waals surface area contributed by atoms with Crippen LogP contribution < -0.4 is 10.6 Å². The molecule has 1 amide bonds. The number of amides is 1. The molecule has 0 aliphatic heterocycles. The average Bonchev–Trinajstić information content (AvgIpc) is 2.42. The third-order valence-electron chi connectivity index (χ3n) is 2.71. The van der Waals surface area contributed by atoms with Gasteiger partial charge in [0, 0.05) is 12.1 Å². The zero-order valence-electron chi connectivity index (χ0n) is 12.4. The Morgan fingerprint density at radius 1 is 1.18 bits per heavy atom. The molecule has 1 aromatic carbocycles. The van der Waals surface area contributed by atoms with Crippen molar-refractivity contribution in [2.75, 3.05) is 5.32 Å². The van der Waals surface area contributed by atoms with E-state index in [9.17, 15) is 4.79 Å². The van der Waals surface area contributed by atoms with Crippen molar-refractivity contribution >= 4 is 40.6 Å². The van der Waals surface area contributed by atoms with E-state index < -0.39 is 0 Å². The van der Waals surface area contributed by atoms with Crippen molar-refractivity contribution in [3.05, 3.63) is 45.8 Å². The smallest absolute Gasteiger partial charge is 0.270 e. The highest BCUT2D eigenvalue weighted by Gasteiger charge is 2.13. The monoisotopic (exact) mass is 338 g/mol. The second-order valence-electron chi connectivity index (χ2n) is 5.04. The van der Waals surface area contributed by atoms with E-state index in [2.05, 4.69) is 20.6 Å². The van der Waals surface area contributed by atoms with E-state index in [1.807, 2.05) is 13.8 Å². The summed E-state index contributed by atoms with van der Waals surface area (Å²) >= 11 is 12.2. The number of anilines is 2. The molecule has 0 aliphatic carbocycles. The van der Waals surface area contributed by atoms with Crippen LogP contribution in [0.1, 0.15) is 30.2 Å². The number of hydrogen-bond acceptors (Lipinski definition) is 4. The van der Waals surface area contributed by atoms with Gasteiger partial charge in [0.1, 0.15) is 17.3 Å². The first-order valence-electron chi connectivity index (χ1n) is 6.74. The summed E-state index contributed by atoms with van der Waals surface area (Å²) in [6.07, 6.45) is 0. The Morgan fingerprint density at radius 2 is 1.82 bits per heavy atom. The van der Waals surface area contributed by atoms with Crippen molar-refractivity contribution in [1.82, 2.24) is 15.3 Å². The van der Waals surface area contributed by atoms with Gasteiger partial charge < -0.3 is 10.6 Å². The van der Waals surface area contributed by atoms with Gasteiger partial charge in [-0.25, -0.2) is 9.97 Å². The van der Waals surface area contributed by atoms with Crippen LogP contribution in [0.2, 0.25) is 10.0 Å². The number of rotatable bonds is 4. The first kappa shape index (κ1) is 16.5. The molecular formula is C15H16Cl2N4O. The van der Waals surface area contributed by atoms with Crippen LogP contribution in [0.5, 0.6) is 0 Å². The SMILES string of the molecule is Cc1nc(Nc2c(Cl)cccc2Cl)cc(C(=O)NC(C)C)n1. The largest absolute Gasteiger partial charge is 0.349 e. The van der Waals surface area contributed by atoms with Crippen LogP contribution in [0.25, 0.3) is 0 Å². The summed E-state index contributed by atoms with van der Waals surface area (Å²) < 4.78 is 0. The number of nitrogens with one attached hydrogen (secondary N) is 2. The summed E-state index contributed by atoms with van der Waals surface area (Å²) in [4.78, 5) is 20.5. The molecule has 0 saturated heterocycles. The Balaban J connectivity index is 2.32. The highest BCUT2D eigenvalue weighted by molar-refractivity contribution is 6.39. The van der Waals surface area contributed by atoms with Crippen LogP contribution in [0.15, 0.2) is 24.3 Å². The number of hydrogen-bond donors (Lipinski definition) is 2. The average molecular weight is 339 g/mol. The number of benzene rings is 1. The van der Waals surface area contributed by atoms with Crippen LogP contribution in [0.4, 0.5) is 11.5 Å². The maximum absolute atomic E-state index is 12.1. The Kier molecular flexibility index (Phi) is 5.21. The molecule has 1 heterocycles. The summed E-state index contributed by atoms with van der Waals surface area (Å²) in [5, 5.41) is 6.76. The van der Waals surface area contributed by atoms with Gasteiger partial charge in [0.25, 0.3) is 5.91 Å². The number of aromatic nitrogens is 2. The van der Waals surface area contributed by atoms with E-state index in [1.165, 1.54) is 0 Å². The van der Waals surface area contributed by atoms with Crippen molar-refractivity contribution < 1.29 is 4.79 Å². The Bertz CT molecular complexity index is 684. The maximum atomic E-state index is 12.1. The van der Waals surface area contributed by atoms with Crippen molar-refractivity contribution in [1.29, 1.82) is 0 Å². The van der Waals surface area contributed by atoms with E-state index >= 15 is 0 Å². The molecule has 0 radical (unpaired) electrons. The quantitative estimate of drug-likeness (QED) is 0.884. The minimum Gasteiger partial charge on any atom is -0.349 e. The molecule has 0 saturated carbocycles. The van der Waals surface area contributed by atoms with Crippen molar-refractivity contribution in [2.45, 2.75) is 26.8 Å². The molecule has 2 N–H and O–H groups in total. The first-order valence-corrected chi connectivity index (χ1v) is 7.50. The lowest BCUT2D eigenvalue weighted by molar-refractivity contribution is 0.0937. The first-order chi connectivity index (χ1) is 10.4. The molecule has 0 bridgehead atoms.